The minimum Gasteiger partial charge on any atom is -0.496 e. The second-order valence-electron chi connectivity index (χ2n) is 8.41. The summed E-state index contributed by atoms with van der Waals surface area (Å²) in [6, 6.07) is 20.1. The Balaban J connectivity index is 1.79. The molecule has 0 heterocycles. The molecule has 0 spiro atoms. The number of hydrogen-bond acceptors (Lipinski definition) is 4. The van der Waals surface area contributed by atoms with E-state index < -0.39 is 10.0 Å². The molecule has 1 amide bonds. The van der Waals surface area contributed by atoms with Crippen LogP contribution >= 0.6 is 0 Å². The zero-order valence-corrected chi connectivity index (χ0v) is 21.1. The second kappa shape index (κ2) is 10.7. The molecule has 0 saturated heterocycles. The lowest BCUT2D eigenvalue weighted by atomic mass is 10.0. The van der Waals surface area contributed by atoms with Gasteiger partial charge in [-0.2, -0.15) is 0 Å². The highest BCUT2D eigenvalue weighted by molar-refractivity contribution is 7.92. The molecule has 1 atom stereocenters. The fourth-order valence-electron chi connectivity index (χ4n) is 3.90. The van der Waals surface area contributed by atoms with E-state index in [4.69, 9.17) is 4.74 Å². The number of carbonyl (C=O) groups excluding carboxylic acids is 1. The van der Waals surface area contributed by atoms with Crippen molar-refractivity contribution in [2.75, 3.05) is 17.7 Å². The summed E-state index contributed by atoms with van der Waals surface area (Å²) >= 11 is 0. The van der Waals surface area contributed by atoms with Crippen molar-refractivity contribution in [3.63, 3.8) is 0 Å². The molecule has 3 aromatic carbocycles. The van der Waals surface area contributed by atoms with Gasteiger partial charge in [0.1, 0.15) is 5.75 Å². The van der Waals surface area contributed by atoms with Crippen molar-refractivity contribution in [1.82, 2.24) is 5.32 Å². The number of nitrogens with zero attached hydrogens (tertiary/aromatic N) is 1. The Kier molecular flexibility index (Phi) is 7.99. The third-order valence-electron chi connectivity index (χ3n) is 5.93. The molecule has 6 nitrogen and oxygen atoms in total. The van der Waals surface area contributed by atoms with Crippen LogP contribution in [-0.2, 0) is 16.6 Å². The number of hydrogen-bond donors (Lipinski definition) is 1. The first-order valence-corrected chi connectivity index (χ1v) is 13.1. The number of amides is 1. The zero-order valence-electron chi connectivity index (χ0n) is 20.3. The third-order valence-corrected chi connectivity index (χ3v) is 7.07. The highest BCUT2D eigenvalue weighted by atomic mass is 32.2. The molecule has 0 aromatic heterocycles. The van der Waals surface area contributed by atoms with Crippen LogP contribution in [0.3, 0.4) is 0 Å². The molecule has 1 unspecified atom stereocenters. The number of benzene rings is 3. The molecule has 180 valence electrons. The smallest absolute Gasteiger partial charge is 0.251 e. The molecule has 0 fully saturated rings. The predicted molar refractivity (Wildman–Crippen MR) is 137 cm³/mol. The SMILES string of the molecule is CCC(NC(=O)c1ccc(N(Cc2ccccc2C)S(C)(=O)=O)cc1)c1ccc(OC)c(C)c1. The van der Waals surface area contributed by atoms with E-state index in [1.54, 1.807) is 31.4 Å². The number of sulfonamides is 1. The minimum atomic E-state index is -3.51. The molecular weight excluding hydrogens is 448 g/mol. The summed E-state index contributed by atoms with van der Waals surface area (Å²) in [7, 11) is -1.88. The monoisotopic (exact) mass is 480 g/mol. The maximum absolute atomic E-state index is 12.9. The molecule has 0 saturated carbocycles. The van der Waals surface area contributed by atoms with E-state index in [1.807, 2.05) is 63.2 Å². The van der Waals surface area contributed by atoms with Gasteiger partial charge >= 0.3 is 0 Å². The summed E-state index contributed by atoms with van der Waals surface area (Å²) in [4.78, 5) is 12.9. The Morgan fingerprint density at radius 2 is 1.68 bits per heavy atom. The van der Waals surface area contributed by atoms with Gasteiger partial charge in [-0.3, -0.25) is 9.10 Å². The van der Waals surface area contributed by atoms with Gasteiger partial charge in [-0.1, -0.05) is 43.3 Å². The Bertz CT molecular complexity index is 1250. The average Bonchev–Trinajstić information content (AvgIpc) is 2.81. The van der Waals surface area contributed by atoms with Crippen LogP contribution in [-0.4, -0.2) is 27.7 Å². The van der Waals surface area contributed by atoms with E-state index >= 15 is 0 Å². The molecule has 0 aliphatic rings. The fourth-order valence-corrected chi connectivity index (χ4v) is 4.78. The van der Waals surface area contributed by atoms with Crippen LogP contribution in [0.25, 0.3) is 0 Å². The Morgan fingerprint density at radius 3 is 2.24 bits per heavy atom. The van der Waals surface area contributed by atoms with E-state index in [0.29, 0.717) is 11.3 Å². The van der Waals surface area contributed by atoms with Crippen molar-refractivity contribution in [1.29, 1.82) is 0 Å². The zero-order chi connectivity index (χ0) is 24.9. The third kappa shape index (κ3) is 5.97. The van der Waals surface area contributed by atoms with E-state index in [1.165, 1.54) is 10.6 Å². The number of carbonyl (C=O) groups is 1. The molecule has 0 radical (unpaired) electrons. The molecule has 7 heteroatoms. The summed E-state index contributed by atoms with van der Waals surface area (Å²) in [5, 5.41) is 3.08. The van der Waals surface area contributed by atoms with Crippen molar-refractivity contribution in [2.45, 2.75) is 39.8 Å². The van der Waals surface area contributed by atoms with Crippen LogP contribution in [0.5, 0.6) is 5.75 Å². The Hall–Kier alpha value is -3.32. The van der Waals surface area contributed by atoms with Crippen LogP contribution in [0.4, 0.5) is 5.69 Å². The van der Waals surface area contributed by atoms with Gasteiger partial charge in [-0.05, 0) is 72.9 Å². The van der Waals surface area contributed by atoms with Gasteiger partial charge < -0.3 is 10.1 Å². The quantitative estimate of drug-likeness (QED) is 0.459. The van der Waals surface area contributed by atoms with E-state index in [9.17, 15) is 13.2 Å². The van der Waals surface area contributed by atoms with Gasteiger partial charge in [0.25, 0.3) is 5.91 Å². The highest BCUT2D eigenvalue weighted by Crippen LogP contribution is 2.26. The lowest BCUT2D eigenvalue weighted by Crippen LogP contribution is -2.30. The summed E-state index contributed by atoms with van der Waals surface area (Å²) in [6.07, 6.45) is 1.92. The maximum Gasteiger partial charge on any atom is 0.251 e. The van der Waals surface area contributed by atoms with Crippen LogP contribution in [0.2, 0.25) is 0 Å². The van der Waals surface area contributed by atoms with Crippen molar-refractivity contribution in [2.24, 2.45) is 0 Å². The number of methoxy groups -OCH3 is 1. The molecule has 3 aromatic rings. The second-order valence-corrected chi connectivity index (χ2v) is 10.3. The molecule has 0 aliphatic carbocycles. The topological polar surface area (TPSA) is 75.7 Å². The van der Waals surface area contributed by atoms with E-state index in [2.05, 4.69) is 5.32 Å². The van der Waals surface area contributed by atoms with Gasteiger partial charge in [0.15, 0.2) is 0 Å². The van der Waals surface area contributed by atoms with E-state index in [-0.39, 0.29) is 18.5 Å². The van der Waals surface area contributed by atoms with E-state index in [0.717, 1.165) is 34.4 Å². The van der Waals surface area contributed by atoms with Crippen LogP contribution in [0, 0.1) is 13.8 Å². The minimum absolute atomic E-state index is 0.148. The Labute approximate surface area is 202 Å². The van der Waals surface area contributed by atoms with Crippen molar-refractivity contribution < 1.29 is 17.9 Å². The number of anilines is 1. The molecule has 0 bridgehead atoms. The van der Waals surface area contributed by atoms with Gasteiger partial charge in [0.05, 0.1) is 31.6 Å². The summed E-state index contributed by atoms with van der Waals surface area (Å²) < 4.78 is 31.7. The number of nitrogens with one attached hydrogen (secondary N) is 1. The molecule has 34 heavy (non-hydrogen) atoms. The molecular formula is C27H32N2O4S. The van der Waals surface area contributed by atoms with Crippen molar-refractivity contribution >= 4 is 21.6 Å². The van der Waals surface area contributed by atoms with Crippen molar-refractivity contribution in [3.05, 3.63) is 94.5 Å². The summed E-state index contributed by atoms with van der Waals surface area (Å²) in [6.45, 7) is 6.17. The Morgan fingerprint density at radius 1 is 1.00 bits per heavy atom. The van der Waals surface area contributed by atoms with Crippen LogP contribution in [0.15, 0.2) is 66.7 Å². The average molecular weight is 481 g/mol. The lowest BCUT2D eigenvalue weighted by molar-refractivity contribution is 0.0935. The first-order chi connectivity index (χ1) is 16.1. The molecule has 0 aliphatic heterocycles. The van der Waals surface area contributed by atoms with Gasteiger partial charge in [-0.25, -0.2) is 8.42 Å². The fraction of sp³-hybridized carbons (Fsp3) is 0.296. The summed E-state index contributed by atoms with van der Waals surface area (Å²) in [5.74, 6) is 0.596. The first kappa shape index (κ1) is 25.3. The maximum atomic E-state index is 12.9. The van der Waals surface area contributed by atoms with Crippen LogP contribution in [0.1, 0.15) is 52.0 Å². The number of ether oxygens (including phenoxy) is 1. The molecule has 3 rings (SSSR count). The van der Waals surface area contributed by atoms with Crippen LogP contribution < -0.4 is 14.4 Å². The number of aryl methyl sites for hydroxylation is 2. The normalized spacial score (nSPS) is 12.1. The lowest BCUT2D eigenvalue weighted by Gasteiger charge is -2.24. The standard InChI is InChI=1S/C27H32N2O4S/c1-6-25(22-13-16-26(33-4)20(3)17-22)28-27(30)21-11-14-24(15-12-21)29(34(5,31)32)18-23-10-8-7-9-19(23)2/h7-17,25H,6,18H2,1-5H3,(H,28,30). The highest BCUT2D eigenvalue weighted by Gasteiger charge is 2.20. The first-order valence-electron chi connectivity index (χ1n) is 11.2. The van der Waals surface area contributed by atoms with Crippen molar-refractivity contribution in [3.8, 4) is 5.75 Å². The van der Waals surface area contributed by atoms with Gasteiger partial charge in [0.2, 0.25) is 10.0 Å². The summed E-state index contributed by atoms with van der Waals surface area (Å²) in [5.41, 5.74) is 4.94. The van der Waals surface area contributed by atoms with Gasteiger partial charge in [-0.15, -0.1) is 0 Å². The molecule has 1 N–H and O–H groups in total. The van der Waals surface area contributed by atoms with Gasteiger partial charge in [0, 0.05) is 5.56 Å². The predicted octanol–water partition coefficient (Wildman–Crippen LogP) is 5.16. The number of rotatable bonds is 9. The largest absolute Gasteiger partial charge is 0.496 e.